The number of aryl methyl sites for hydroxylation is 1. The summed E-state index contributed by atoms with van der Waals surface area (Å²) in [4.78, 5) is 45.8. The third-order valence-corrected chi connectivity index (χ3v) is 5.36. The Morgan fingerprint density at radius 3 is 2.29 bits per heavy atom. The van der Waals surface area contributed by atoms with Crippen LogP contribution in [0.25, 0.3) is 11.0 Å². The van der Waals surface area contributed by atoms with Gasteiger partial charge in [0.2, 0.25) is 0 Å². The molecular weight excluding hydrogens is 358 g/mol. The summed E-state index contributed by atoms with van der Waals surface area (Å²) in [6.07, 6.45) is 1.12. The van der Waals surface area contributed by atoms with Gasteiger partial charge in [-0.2, -0.15) is 0 Å². The molecule has 0 unspecified atom stereocenters. The number of carbonyl (C=O) groups excluding carboxylic acids is 1. The molecule has 0 radical (unpaired) electrons. The molecule has 2 aromatic heterocycles. The van der Waals surface area contributed by atoms with Crippen LogP contribution in [0.3, 0.4) is 0 Å². The third kappa shape index (κ3) is 4.01. The topological polar surface area (TPSA) is 80.4 Å². The van der Waals surface area contributed by atoms with E-state index in [4.69, 9.17) is 0 Å². The van der Waals surface area contributed by atoms with E-state index in [0.717, 1.165) is 30.6 Å². The molecule has 1 amide bonds. The lowest BCUT2D eigenvalue weighted by atomic mass is 9.92. The molecule has 0 spiro atoms. The van der Waals surface area contributed by atoms with Crippen LogP contribution in [0.5, 0.6) is 0 Å². The largest absolute Gasteiger partial charge is 0.335 e. The Hall–Kier alpha value is -2.48. The molecule has 0 aromatic carbocycles. The first-order chi connectivity index (χ1) is 13.1. The number of carbonyl (C=O) groups is 1. The molecule has 2 aromatic rings. The summed E-state index contributed by atoms with van der Waals surface area (Å²) in [5, 5.41) is 0.327. The van der Waals surface area contributed by atoms with Gasteiger partial charge in [0.1, 0.15) is 11.3 Å². The minimum absolute atomic E-state index is 0.162. The highest BCUT2D eigenvalue weighted by Gasteiger charge is 2.24. The zero-order chi connectivity index (χ0) is 20.6. The first kappa shape index (κ1) is 20.3. The van der Waals surface area contributed by atoms with Gasteiger partial charge >= 0.3 is 5.69 Å². The number of hydrogen-bond donors (Lipinski definition) is 0. The quantitative estimate of drug-likeness (QED) is 0.779. The van der Waals surface area contributed by atoms with Crippen molar-refractivity contribution in [1.82, 2.24) is 23.9 Å². The van der Waals surface area contributed by atoms with Gasteiger partial charge in [-0.1, -0.05) is 20.8 Å². The van der Waals surface area contributed by atoms with Crippen LogP contribution in [0.15, 0.2) is 21.7 Å². The number of fused-ring (bicyclic) bond motifs is 1. The monoisotopic (exact) mass is 387 g/mol. The smallest absolute Gasteiger partial charge is 0.332 e. The number of rotatable bonds is 3. The van der Waals surface area contributed by atoms with E-state index in [2.05, 4.69) is 30.7 Å². The van der Waals surface area contributed by atoms with Crippen molar-refractivity contribution in [1.29, 1.82) is 0 Å². The Morgan fingerprint density at radius 2 is 1.68 bits per heavy atom. The van der Waals surface area contributed by atoms with E-state index in [-0.39, 0.29) is 17.2 Å². The molecule has 28 heavy (non-hydrogen) atoms. The fraction of sp³-hybridized carbons (Fsp3) is 0.600. The van der Waals surface area contributed by atoms with Crippen molar-refractivity contribution in [3.63, 3.8) is 0 Å². The molecule has 0 atom stereocenters. The molecule has 3 heterocycles. The number of amides is 1. The van der Waals surface area contributed by atoms with Crippen LogP contribution in [0, 0.1) is 5.41 Å². The van der Waals surface area contributed by atoms with Crippen molar-refractivity contribution in [3.8, 4) is 0 Å². The highest BCUT2D eigenvalue weighted by Crippen LogP contribution is 2.19. The fourth-order valence-electron chi connectivity index (χ4n) is 3.40. The molecule has 8 nitrogen and oxygen atoms in total. The highest BCUT2D eigenvalue weighted by atomic mass is 16.2. The van der Waals surface area contributed by atoms with Gasteiger partial charge in [-0.3, -0.25) is 23.6 Å². The standard InChI is InChI=1S/C20H29N5O3/c1-20(2,3)8-9-24-10-12-25(13-11-24)18(27)15-7-6-14-16(21-15)22(4)19(28)23(5)17(14)26/h6-7H,8-13H2,1-5H3. The lowest BCUT2D eigenvalue weighted by Crippen LogP contribution is -2.49. The van der Waals surface area contributed by atoms with Gasteiger partial charge in [0.15, 0.2) is 0 Å². The summed E-state index contributed by atoms with van der Waals surface area (Å²) in [6, 6.07) is 3.15. The third-order valence-electron chi connectivity index (χ3n) is 5.36. The minimum Gasteiger partial charge on any atom is -0.335 e. The summed E-state index contributed by atoms with van der Waals surface area (Å²) >= 11 is 0. The maximum Gasteiger partial charge on any atom is 0.332 e. The Kier molecular flexibility index (Phi) is 5.43. The van der Waals surface area contributed by atoms with E-state index >= 15 is 0 Å². The number of aromatic nitrogens is 3. The molecule has 1 aliphatic heterocycles. The van der Waals surface area contributed by atoms with Gasteiger partial charge in [-0.25, -0.2) is 9.78 Å². The second-order valence-corrected chi connectivity index (χ2v) is 8.72. The Balaban J connectivity index is 1.76. The molecule has 8 heteroatoms. The average molecular weight is 387 g/mol. The molecular formula is C20H29N5O3. The average Bonchev–Trinajstić information content (AvgIpc) is 2.68. The molecule has 1 aliphatic rings. The lowest BCUT2D eigenvalue weighted by molar-refractivity contribution is 0.0618. The zero-order valence-electron chi connectivity index (χ0n) is 17.4. The fourth-order valence-corrected chi connectivity index (χ4v) is 3.40. The maximum atomic E-state index is 12.9. The first-order valence-electron chi connectivity index (χ1n) is 9.67. The minimum atomic E-state index is -0.456. The highest BCUT2D eigenvalue weighted by molar-refractivity contribution is 5.94. The molecule has 3 rings (SSSR count). The SMILES string of the molecule is Cn1c(=O)c2ccc(C(=O)N3CCN(CCC(C)(C)C)CC3)nc2n(C)c1=O. The van der Waals surface area contributed by atoms with Crippen LogP contribution in [-0.4, -0.2) is 62.5 Å². The van der Waals surface area contributed by atoms with E-state index in [1.165, 1.54) is 11.6 Å². The summed E-state index contributed by atoms with van der Waals surface area (Å²) in [7, 11) is 2.99. The molecule has 1 fully saturated rings. The first-order valence-corrected chi connectivity index (χ1v) is 9.67. The van der Waals surface area contributed by atoms with E-state index in [0.29, 0.717) is 23.9 Å². The lowest BCUT2D eigenvalue weighted by Gasteiger charge is -2.35. The van der Waals surface area contributed by atoms with Crippen LogP contribution >= 0.6 is 0 Å². The Labute approximate surface area is 164 Å². The van der Waals surface area contributed by atoms with Crippen molar-refractivity contribution >= 4 is 16.9 Å². The summed E-state index contributed by atoms with van der Waals surface area (Å²) in [5.74, 6) is -0.162. The van der Waals surface area contributed by atoms with Crippen LogP contribution < -0.4 is 11.2 Å². The number of pyridine rings is 1. The normalized spacial score (nSPS) is 16.0. The van der Waals surface area contributed by atoms with Gasteiger partial charge in [-0.15, -0.1) is 0 Å². The number of nitrogens with zero attached hydrogens (tertiary/aromatic N) is 5. The zero-order valence-corrected chi connectivity index (χ0v) is 17.4. The van der Waals surface area contributed by atoms with Crippen molar-refractivity contribution in [2.24, 2.45) is 19.5 Å². The van der Waals surface area contributed by atoms with Crippen LogP contribution in [0.2, 0.25) is 0 Å². The van der Waals surface area contributed by atoms with Crippen LogP contribution in [0.4, 0.5) is 0 Å². The van der Waals surface area contributed by atoms with Crippen LogP contribution in [-0.2, 0) is 14.1 Å². The number of hydrogen-bond acceptors (Lipinski definition) is 5. The van der Waals surface area contributed by atoms with E-state index in [1.54, 1.807) is 24.1 Å². The molecule has 0 aliphatic carbocycles. The molecule has 1 saturated heterocycles. The van der Waals surface area contributed by atoms with Crippen LogP contribution in [0.1, 0.15) is 37.7 Å². The summed E-state index contributed by atoms with van der Waals surface area (Å²) in [5.41, 5.74) is -0.0598. The molecule has 0 N–H and O–H groups in total. The molecule has 0 bridgehead atoms. The van der Waals surface area contributed by atoms with Crippen molar-refractivity contribution < 1.29 is 4.79 Å². The van der Waals surface area contributed by atoms with Gasteiger partial charge < -0.3 is 4.90 Å². The number of piperazine rings is 1. The van der Waals surface area contributed by atoms with E-state index in [1.807, 2.05) is 0 Å². The van der Waals surface area contributed by atoms with Gasteiger partial charge in [-0.05, 0) is 30.5 Å². The second-order valence-electron chi connectivity index (χ2n) is 8.72. The van der Waals surface area contributed by atoms with Crippen molar-refractivity contribution in [2.75, 3.05) is 32.7 Å². The summed E-state index contributed by atoms with van der Waals surface area (Å²) < 4.78 is 2.35. The Morgan fingerprint density at radius 1 is 1.04 bits per heavy atom. The predicted molar refractivity (Wildman–Crippen MR) is 109 cm³/mol. The van der Waals surface area contributed by atoms with Gasteiger partial charge in [0, 0.05) is 40.3 Å². The molecule has 152 valence electrons. The van der Waals surface area contributed by atoms with Gasteiger partial charge in [0.05, 0.1) is 5.39 Å². The Bertz CT molecular complexity index is 1010. The summed E-state index contributed by atoms with van der Waals surface area (Å²) in [6.45, 7) is 10.7. The predicted octanol–water partition coefficient (Wildman–Crippen LogP) is 0.826. The maximum absolute atomic E-state index is 12.9. The van der Waals surface area contributed by atoms with Gasteiger partial charge in [0.25, 0.3) is 11.5 Å². The van der Waals surface area contributed by atoms with E-state index < -0.39 is 11.2 Å². The van der Waals surface area contributed by atoms with Crippen molar-refractivity contribution in [3.05, 3.63) is 38.7 Å². The second kappa shape index (κ2) is 7.50. The molecule has 0 saturated carbocycles. The van der Waals surface area contributed by atoms with Crippen molar-refractivity contribution in [2.45, 2.75) is 27.2 Å². The van der Waals surface area contributed by atoms with E-state index in [9.17, 15) is 14.4 Å².